The first kappa shape index (κ1) is 16.8. The average Bonchev–Trinajstić information content (AvgIpc) is 2.44. The molecular weight excluding hydrogens is 266 g/mol. The zero-order valence-electron chi connectivity index (χ0n) is 12.9. The summed E-state index contributed by atoms with van der Waals surface area (Å²) in [4.78, 5) is 14.0. The van der Waals surface area contributed by atoms with Gasteiger partial charge in [0.05, 0.1) is 24.7 Å². The molecule has 0 unspecified atom stereocenters. The Labute approximate surface area is 126 Å². The molecule has 0 aliphatic heterocycles. The molecule has 0 fully saturated rings. The fourth-order valence-electron chi connectivity index (χ4n) is 2.08. The van der Waals surface area contributed by atoms with E-state index in [0.717, 1.165) is 12.2 Å². The lowest BCUT2D eigenvalue weighted by Crippen LogP contribution is -2.28. The van der Waals surface area contributed by atoms with Gasteiger partial charge in [-0.2, -0.15) is 5.26 Å². The number of anilines is 2. The molecule has 0 heterocycles. The van der Waals surface area contributed by atoms with Gasteiger partial charge in [0, 0.05) is 24.5 Å². The minimum atomic E-state index is -0.415. The van der Waals surface area contributed by atoms with Crippen molar-refractivity contribution in [3.8, 4) is 6.07 Å². The van der Waals surface area contributed by atoms with E-state index in [2.05, 4.69) is 24.8 Å². The van der Waals surface area contributed by atoms with E-state index in [0.29, 0.717) is 36.7 Å². The average molecular weight is 289 g/mol. The van der Waals surface area contributed by atoms with Crippen molar-refractivity contribution in [3.05, 3.63) is 23.8 Å². The Balaban J connectivity index is 3.05. The number of carbonyl (C=O) groups is 1. The molecule has 0 radical (unpaired) electrons. The quantitative estimate of drug-likeness (QED) is 0.616. The predicted octanol–water partition coefficient (Wildman–Crippen LogP) is 2.82. The highest BCUT2D eigenvalue weighted by Crippen LogP contribution is 2.23. The molecule has 21 heavy (non-hydrogen) atoms. The summed E-state index contributed by atoms with van der Waals surface area (Å²) in [5.41, 5.74) is 7.52. The van der Waals surface area contributed by atoms with E-state index in [1.54, 1.807) is 19.1 Å². The lowest BCUT2D eigenvalue weighted by atomic mass is 10.1. The number of nitrogen functional groups attached to an aromatic ring is 1. The maximum atomic E-state index is 11.9. The predicted molar refractivity (Wildman–Crippen MR) is 84.1 cm³/mol. The van der Waals surface area contributed by atoms with Crippen LogP contribution >= 0.6 is 0 Å². The Morgan fingerprint density at radius 3 is 2.76 bits per heavy atom. The Kier molecular flexibility index (Phi) is 6.54. The molecule has 1 aromatic rings. The summed E-state index contributed by atoms with van der Waals surface area (Å²) in [6, 6.07) is 7.48. The largest absolute Gasteiger partial charge is 0.462 e. The summed E-state index contributed by atoms with van der Waals surface area (Å²) in [7, 11) is 0. The molecular formula is C16H23N3O2. The molecule has 0 aliphatic carbocycles. The normalized spacial score (nSPS) is 10.2. The summed E-state index contributed by atoms with van der Waals surface area (Å²) < 4.78 is 5.02. The molecule has 1 aromatic carbocycles. The van der Waals surface area contributed by atoms with Gasteiger partial charge in [-0.25, -0.2) is 4.79 Å². The second kappa shape index (κ2) is 8.15. The number of carbonyl (C=O) groups excluding carboxylic acids is 1. The summed E-state index contributed by atoms with van der Waals surface area (Å²) in [5, 5.41) is 8.78. The molecule has 5 heteroatoms. The fraction of sp³-hybridized carbons (Fsp3) is 0.500. The Morgan fingerprint density at radius 1 is 1.48 bits per heavy atom. The summed E-state index contributed by atoms with van der Waals surface area (Å²) in [5.74, 6) is 0.0360. The highest BCUT2D eigenvalue weighted by atomic mass is 16.5. The molecule has 114 valence electrons. The van der Waals surface area contributed by atoms with E-state index >= 15 is 0 Å². The fourth-order valence-corrected chi connectivity index (χ4v) is 2.08. The molecule has 2 N–H and O–H groups in total. The molecule has 0 spiro atoms. The number of esters is 1. The second-order valence-electron chi connectivity index (χ2n) is 5.24. The zero-order valence-corrected chi connectivity index (χ0v) is 12.9. The van der Waals surface area contributed by atoms with Gasteiger partial charge in [-0.1, -0.05) is 13.8 Å². The number of nitrogens with two attached hydrogens (primary N) is 1. The van der Waals surface area contributed by atoms with E-state index in [1.165, 1.54) is 0 Å². The van der Waals surface area contributed by atoms with Crippen molar-refractivity contribution in [2.75, 3.05) is 30.3 Å². The molecule has 0 bridgehead atoms. The van der Waals surface area contributed by atoms with Crippen LogP contribution in [0.25, 0.3) is 0 Å². The van der Waals surface area contributed by atoms with Crippen LogP contribution in [0.5, 0.6) is 0 Å². The van der Waals surface area contributed by atoms with Crippen LogP contribution in [0, 0.1) is 17.2 Å². The third-order valence-electron chi connectivity index (χ3n) is 2.98. The molecule has 5 nitrogen and oxygen atoms in total. The molecule has 0 aliphatic rings. The van der Waals surface area contributed by atoms with Crippen LogP contribution in [0.3, 0.4) is 0 Å². The van der Waals surface area contributed by atoms with Gasteiger partial charge >= 0.3 is 5.97 Å². The number of hydrogen-bond acceptors (Lipinski definition) is 5. The third kappa shape index (κ3) is 4.99. The molecule has 0 amide bonds. The third-order valence-corrected chi connectivity index (χ3v) is 2.98. The first-order chi connectivity index (χ1) is 9.99. The standard InChI is InChI=1S/C16H23N3O2/c1-4-21-16(20)14-10-13(6-7-15(14)18)19(9-5-8-17)11-12(2)3/h6-7,10,12H,4-5,9,11,18H2,1-3H3. The smallest absolute Gasteiger partial charge is 0.340 e. The van der Waals surface area contributed by atoms with Crippen LogP contribution in [0.4, 0.5) is 11.4 Å². The van der Waals surface area contributed by atoms with Gasteiger partial charge in [-0.05, 0) is 31.0 Å². The van der Waals surface area contributed by atoms with E-state index < -0.39 is 5.97 Å². The highest BCUT2D eigenvalue weighted by Gasteiger charge is 2.15. The van der Waals surface area contributed by atoms with Gasteiger partial charge in [0.25, 0.3) is 0 Å². The summed E-state index contributed by atoms with van der Waals surface area (Å²) in [6.07, 6.45) is 0.436. The van der Waals surface area contributed by atoms with Crippen molar-refractivity contribution < 1.29 is 9.53 Å². The van der Waals surface area contributed by atoms with Crippen LogP contribution in [-0.2, 0) is 4.74 Å². The zero-order chi connectivity index (χ0) is 15.8. The number of nitriles is 1. The van der Waals surface area contributed by atoms with Crippen molar-refractivity contribution in [2.45, 2.75) is 27.2 Å². The number of rotatable bonds is 7. The SMILES string of the molecule is CCOC(=O)c1cc(N(CCC#N)CC(C)C)ccc1N. The van der Waals surface area contributed by atoms with Crippen LogP contribution < -0.4 is 10.6 Å². The van der Waals surface area contributed by atoms with Crippen molar-refractivity contribution in [1.29, 1.82) is 5.26 Å². The maximum absolute atomic E-state index is 11.9. The number of ether oxygens (including phenoxy) is 1. The minimum Gasteiger partial charge on any atom is -0.462 e. The van der Waals surface area contributed by atoms with Gasteiger partial charge in [0.15, 0.2) is 0 Å². The number of hydrogen-bond donors (Lipinski definition) is 1. The van der Waals surface area contributed by atoms with E-state index in [9.17, 15) is 4.79 Å². The highest BCUT2D eigenvalue weighted by molar-refractivity contribution is 5.96. The number of nitrogens with zero attached hydrogens (tertiary/aromatic N) is 2. The van der Waals surface area contributed by atoms with Crippen LogP contribution in [0.2, 0.25) is 0 Å². The van der Waals surface area contributed by atoms with Gasteiger partial charge < -0.3 is 15.4 Å². The monoisotopic (exact) mass is 289 g/mol. The van der Waals surface area contributed by atoms with Crippen molar-refractivity contribution in [3.63, 3.8) is 0 Å². The Morgan fingerprint density at radius 2 is 2.19 bits per heavy atom. The van der Waals surface area contributed by atoms with Gasteiger partial charge in [-0.3, -0.25) is 0 Å². The summed E-state index contributed by atoms with van der Waals surface area (Å²) in [6.45, 7) is 7.74. The van der Waals surface area contributed by atoms with Gasteiger partial charge in [0.1, 0.15) is 0 Å². The summed E-state index contributed by atoms with van der Waals surface area (Å²) >= 11 is 0. The Bertz CT molecular complexity index is 521. The van der Waals surface area contributed by atoms with Crippen LogP contribution in [0.15, 0.2) is 18.2 Å². The lowest BCUT2D eigenvalue weighted by Gasteiger charge is -2.26. The van der Waals surface area contributed by atoms with E-state index in [-0.39, 0.29) is 0 Å². The Hall–Kier alpha value is -2.22. The topological polar surface area (TPSA) is 79.3 Å². The lowest BCUT2D eigenvalue weighted by molar-refractivity contribution is 0.0527. The molecule has 1 rings (SSSR count). The minimum absolute atomic E-state index is 0.312. The molecule has 0 saturated heterocycles. The van der Waals surface area contributed by atoms with E-state index in [1.807, 2.05) is 6.07 Å². The second-order valence-corrected chi connectivity index (χ2v) is 5.24. The van der Waals surface area contributed by atoms with Crippen LogP contribution in [0.1, 0.15) is 37.6 Å². The number of benzene rings is 1. The van der Waals surface area contributed by atoms with Crippen molar-refractivity contribution in [2.24, 2.45) is 5.92 Å². The van der Waals surface area contributed by atoms with Crippen LogP contribution in [-0.4, -0.2) is 25.7 Å². The first-order valence-corrected chi connectivity index (χ1v) is 7.18. The van der Waals surface area contributed by atoms with E-state index in [4.69, 9.17) is 15.7 Å². The molecule has 0 atom stereocenters. The maximum Gasteiger partial charge on any atom is 0.340 e. The van der Waals surface area contributed by atoms with Gasteiger partial charge in [0.2, 0.25) is 0 Å². The molecule has 0 saturated carbocycles. The molecule has 0 aromatic heterocycles. The van der Waals surface area contributed by atoms with Crippen molar-refractivity contribution >= 4 is 17.3 Å². The van der Waals surface area contributed by atoms with Gasteiger partial charge in [-0.15, -0.1) is 0 Å². The first-order valence-electron chi connectivity index (χ1n) is 7.18. The van der Waals surface area contributed by atoms with Crippen molar-refractivity contribution in [1.82, 2.24) is 0 Å².